The monoisotopic (exact) mass is 311 g/mol. The summed E-state index contributed by atoms with van der Waals surface area (Å²) in [6.45, 7) is 1.89. The van der Waals surface area contributed by atoms with Crippen molar-refractivity contribution in [2.75, 3.05) is 0 Å². The minimum absolute atomic E-state index is 0.120. The molecular weight excluding hydrogens is 298 g/mol. The van der Waals surface area contributed by atoms with E-state index in [1.807, 2.05) is 31.2 Å². The van der Waals surface area contributed by atoms with E-state index in [-0.39, 0.29) is 17.9 Å². The van der Waals surface area contributed by atoms with Gasteiger partial charge in [-0.15, -0.1) is 0 Å². The van der Waals surface area contributed by atoms with Gasteiger partial charge < -0.3 is 10.4 Å². The Labute approximate surface area is 114 Å². The molecule has 1 fully saturated rings. The Morgan fingerprint density at radius 1 is 1.44 bits per heavy atom. The minimum atomic E-state index is -0.884. The molecule has 0 radical (unpaired) electrons. The van der Waals surface area contributed by atoms with Gasteiger partial charge in [0.1, 0.15) is 0 Å². The van der Waals surface area contributed by atoms with Crippen LogP contribution in [0.5, 0.6) is 0 Å². The Bertz CT molecular complexity index is 489. The van der Waals surface area contributed by atoms with Crippen molar-refractivity contribution in [1.82, 2.24) is 5.32 Å². The number of halogens is 1. The zero-order chi connectivity index (χ0) is 13.3. The van der Waals surface area contributed by atoms with Gasteiger partial charge in [-0.3, -0.25) is 9.59 Å². The third kappa shape index (κ3) is 2.90. The lowest BCUT2D eigenvalue weighted by molar-refractivity contribution is -0.140. The Balaban J connectivity index is 1.94. The highest BCUT2D eigenvalue weighted by Crippen LogP contribution is 2.39. The molecule has 0 unspecified atom stereocenters. The average Bonchev–Trinajstić information content (AvgIpc) is 3.08. The van der Waals surface area contributed by atoms with E-state index in [1.54, 1.807) is 0 Å². The average molecular weight is 312 g/mol. The van der Waals surface area contributed by atoms with Gasteiger partial charge in [0.2, 0.25) is 5.91 Å². The summed E-state index contributed by atoms with van der Waals surface area (Å²) < 4.78 is 0.955. The number of carbonyl (C=O) groups is 2. The van der Waals surface area contributed by atoms with Crippen LogP contribution in [0.3, 0.4) is 0 Å². The van der Waals surface area contributed by atoms with Crippen LogP contribution >= 0.6 is 15.9 Å². The standard InChI is InChI=1S/C13H14BrNO3/c1-7(8-3-2-4-9(14)5-8)15-12(16)10-6-11(10)13(17)18/h2-5,7,10-11H,6H2,1H3,(H,15,16)(H,17,18)/t7-,10-,11+/m1/s1. The lowest BCUT2D eigenvalue weighted by atomic mass is 10.1. The van der Waals surface area contributed by atoms with Crippen LogP contribution in [0.15, 0.2) is 28.7 Å². The zero-order valence-corrected chi connectivity index (χ0v) is 11.5. The molecule has 0 aromatic heterocycles. The van der Waals surface area contributed by atoms with E-state index in [4.69, 9.17) is 5.11 Å². The van der Waals surface area contributed by atoms with E-state index in [1.165, 1.54) is 0 Å². The molecule has 0 heterocycles. The van der Waals surface area contributed by atoms with Gasteiger partial charge in [-0.1, -0.05) is 28.1 Å². The lowest BCUT2D eigenvalue weighted by Crippen LogP contribution is -2.29. The maximum atomic E-state index is 11.8. The number of nitrogens with one attached hydrogen (secondary N) is 1. The maximum absolute atomic E-state index is 11.8. The van der Waals surface area contributed by atoms with Gasteiger partial charge in [0.25, 0.3) is 0 Å². The first kappa shape index (κ1) is 13.1. The van der Waals surface area contributed by atoms with E-state index in [0.29, 0.717) is 6.42 Å². The molecule has 4 nitrogen and oxygen atoms in total. The normalized spacial score (nSPS) is 23.2. The second-order valence-corrected chi connectivity index (χ2v) is 5.49. The summed E-state index contributed by atoms with van der Waals surface area (Å²) in [5.41, 5.74) is 0.991. The molecule has 0 bridgehead atoms. The summed E-state index contributed by atoms with van der Waals surface area (Å²) in [7, 11) is 0. The summed E-state index contributed by atoms with van der Waals surface area (Å²) in [5.74, 6) is -1.92. The molecule has 0 aliphatic heterocycles. The van der Waals surface area contributed by atoms with Crippen LogP contribution in [-0.2, 0) is 9.59 Å². The third-order valence-electron chi connectivity index (χ3n) is 3.15. The number of amides is 1. The number of carboxylic acid groups (broad SMARTS) is 1. The quantitative estimate of drug-likeness (QED) is 0.897. The predicted octanol–water partition coefficient (Wildman–Crippen LogP) is 2.35. The number of hydrogen-bond donors (Lipinski definition) is 2. The highest BCUT2D eigenvalue weighted by Gasteiger charge is 2.48. The zero-order valence-electron chi connectivity index (χ0n) is 9.89. The van der Waals surface area contributed by atoms with Gasteiger partial charge in [0.05, 0.1) is 17.9 Å². The number of carboxylic acids is 1. The molecule has 1 aliphatic carbocycles. The molecule has 0 spiro atoms. The molecule has 2 rings (SSSR count). The SMILES string of the molecule is C[C@@H](NC(=O)[C@@H]1C[C@@H]1C(=O)O)c1cccc(Br)c1. The lowest BCUT2D eigenvalue weighted by Gasteiger charge is -2.14. The summed E-state index contributed by atoms with van der Waals surface area (Å²) >= 11 is 3.38. The fraction of sp³-hybridized carbons (Fsp3) is 0.385. The molecule has 1 aromatic carbocycles. The Kier molecular flexibility index (Phi) is 3.71. The summed E-state index contributed by atoms with van der Waals surface area (Å²) in [4.78, 5) is 22.5. The number of aliphatic carboxylic acids is 1. The summed E-state index contributed by atoms with van der Waals surface area (Å²) in [5, 5.41) is 11.6. The highest BCUT2D eigenvalue weighted by molar-refractivity contribution is 9.10. The van der Waals surface area contributed by atoms with Gasteiger partial charge in [-0.2, -0.15) is 0 Å². The van der Waals surface area contributed by atoms with E-state index >= 15 is 0 Å². The van der Waals surface area contributed by atoms with Gasteiger partial charge in [-0.25, -0.2) is 0 Å². The second kappa shape index (κ2) is 5.10. The van der Waals surface area contributed by atoms with Crippen LogP contribution in [0.2, 0.25) is 0 Å². The van der Waals surface area contributed by atoms with Gasteiger partial charge in [0.15, 0.2) is 0 Å². The highest BCUT2D eigenvalue weighted by atomic mass is 79.9. The number of carbonyl (C=O) groups excluding carboxylic acids is 1. The van der Waals surface area contributed by atoms with Crippen molar-refractivity contribution >= 4 is 27.8 Å². The molecule has 18 heavy (non-hydrogen) atoms. The van der Waals surface area contributed by atoms with Crippen molar-refractivity contribution in [1.29, 1.82) is 0 Å². The third-order valence-corrected chi connectivity index (χ3v) is 3.65. The first-order chi connectivity index (χ1) is 8.49. The number of benzene rings is 1. The molecule has 1 aliphatic rings. The van der Waals surface area contributed by atoms with Gasteiger partial charge in [-0.05, 0) is 31.0 Å². The molecule has 1 aromatic rings. The van der Waals surface area contributed by atoms with Crippen LogP contribution in [0, 0.1) is 11.8 Å². The molecule has 5 heteroatoms. The molecule has 3 atom stereocenters. The largest absolute Gasteiger partial charge is 0.481 e. The van der Waals surface area contributed by atoms with Crippen LogP contribution in [0.25, 0.3) is 0 Å². The first-order valence-electron chi connectivity index (χ1n) is 5.77. The van der Waals surface area contributed by atoms with Crippen LogP contribution in [0.1, 0.15) is 24.9 Å². The summed E-state index contributed by atoms with van der Waals surface area (Å²) in [6, 6.07) is 7.56. The smallest absolute Gasteiger partial charge is 0.307 e. The van der Waals surface area contributed by atoms with Crippen molar-refractivity contribution in [3.05, 3.63) is 34.3 Å². The molecule has 0 saturated heterocycles. The predicted molar refractivity (Wildman–Crippen MR) is 69.9 cm³/mol. The van der Waals surface area contributed by atoms with Crippen molar-refractivity contribution in [3.8, 4) is 0 Å². The molecule has 1 amide bonds. The molecule has 2 N–H and O–H groups in total. The Morgan fingerprint density at radius 2 is 2.17 bits per heavy atom. The van der Waals surface area contributed by atoms with Crippen molar-refractivity contribution < 1.29 is 14.7 Å². The van der Waals surface area contributed by atoms with Gasteiger partial charge in [0, 0.05) is 4.47 Å². The van der Waals surface area contributed by atoms with Crippen molar-refractivity contribution in [2.45, 2.75) is 19.4 Å². The second-order valence-electron chi connectivity index (χ2n) is 4.57. The summed E-state index contributed by atoms with van der Waals surface area (Å²) in [6.07, 6.45) is 0.451. The van der Waals surface area contributed by atoms with Crippen LogP contribution in [-0.4, -0.2) is 17.0 Å². The fourth-order valence-corrected chi connectivity index (χ4v) is 2.35. The van der Waals surface area contributed by atoms with Gasteiger partial charge >= 0.3 is 5.97 Å². The Morgan fingerprint density at radius 3 is 2.72 bits per heavy atom. The van der Waals surface area contributed by atoms with Crippen molar-refractivity contribution in [2.24, 2.45) is 11.8 Å². The van der Waals surface area contributed by atoms with Crippen molar-refractivity contribution in [3.63, 3.8) is 0 Å². The fourth-order valence-electron chi connectivity index (χ4n) is 1.94. The minimum Gasteiger partial charge on any atom is -0.481 e. The number of hydrogen-bond acceptors (Lipinski definition) is 2. The maximum Gasteiger partial charge on any atom is 0.307 e. The molecule has 96 valence electrons. The molecule has 1 saturated carbocycles. The first-order valence-corrected chi connectivity index (χ1v) is 6.57. The van der Waals surface area contributed by atoms with E-state index in [0.717, 1.165) is 10.0 Å². The van der Waals surface area contributed by atoms with Crippen LogP contribution in [0.4, 0.5) is 0 Å². The van der Waals surface area contributed by atoms with E-state index in [2.05, 4.69) is 21.2 Å². The van der Waals surface area contributed by atoms with E-state index < -0.39 is 11.9 Å². The molecular formula is C13H14BrNO3. The number of rotatable bonds is 4. The topological polar surface area (TPSA) is 66.4 Å². The van der Waals surface area contributed by atoms with E-state index in [9.17, 15) is 9.59 Å². The van der Waals surface area contributed by atoms with Crippen LogP contribution < -0.4 is 5.32 Å². The Hall–Kier alpha value is -1.36.